The van der Waals surface area contributed by atoms with Crippen molar-refractivity contribution in [1.82, 2.24) is 10.2 Å². The second-order valence-corrected chi connectivity index (χ2v) is 6.29. The van der Waals surface area contributed by atoms with Crippen LogP contribution in [0.1, 0.15) is 5.56 Å². The number of rotatable bonds is 3. The van der Waals surface area contributed by atoms with Crippen molar-refractivity contribution in [2.45, 2.75) is 6.54 Å². The zero-order valence-corrected chi connectivity index (χ0v) is 14.3. The third-order valence-corrected chi connectivity index (χ3v) is 4.44. The van der Waals surface area contributed by atoms with E-state index in [0.717, 1.165) is 11.6 Å². The second kappa shape index (κ2) is 7.70. The van der Waals surface area contributed by atoms with Gasteiger partial charge in [0.1, 0.15) is 0 Å². The lowest BCUT2D eigenvalue weighted by atomic mass is 10.2. The molecule has 1 aliphatic rings. The highest BCUT2D eigenvalue weighted by molar-refractivity contribution is 6.30. The first-order valence-corrected chi connectivity index (χ1v) is 8.38. The van der Waals surface area contributed by atoms with Gasteiger partial charge in [0, 0.05) is 49.5 Å². The molecule has 7 heteroatoms. The fraction of sp³-hybridized carbons (Fsp3) is 0.278. The lowest BCUT2D eigenvalue weighted by Gasteiger charge is -2.36. The Balaban J connectivity index is 1.50. The number of hydrogen-bond donors (Lipinski definition) is 1. The number of carbonyl (C=O) groups excluding carboxylic acids is 1. The van der Waals surface area contributed by atoms with Crippen LogP contribution in [0.15, 0.2) is 42.5 Å². The van der Waals surface area contributed by atoms with Gasteiger partial charge in [0.15, 0.2) is 11.6 Å². The number of urea groups is 1. The van der Waals surface area contributed by atoms with E-state index in [1.165, 1.54) is 6.07 Å². The van der Waals surface area contributed by atoms with Crippen molar-refractivity contribution in [3.05, 3.63) is 64.7 Å². The van der Waals surface area contributed by atoms with Gasteiger partial charge in [0.2, 0.25) is 0 Å². The monoisotopic (exact) mass is 365 g/mol. The van der Waals surface area contributed by atoms with E-state index in [4.69, 9.17) is 11.6 Å². The van der Waals surface area contributed by atoms with Crippen LogP contribution in [0.5, 0.6) is 0 Å². The van der Waals surface area contributed by atoms with Gasteiger partial charge in [0.25, 0.3) is 0 Å². The smallest absolute Gasteiger partial charge is 0.317 e. The van der Waals surface area contributed by atoms with Crippen LogP contribution in [0.3, 0.4) is 0 Å². The zero-order chi connectivity index (χ0) is 17.8. The Morgan fingerprint density at radius 3 is 2.32 bits per heavy atom. The number of piperazine rings is 1. The highest BCUT2D eigenvalue weighted by Gasteiger charge is 2.21. The van der Waals surface area contributed by atoms with Gasteiger partial charge in [-0.25, -0.2) is 13.6 Å². The fourth-order valence-electron chi connectivity index (χ4n) is 2.74. The highest BCUT2D eigenvalue weighted by Crippen LogP contribution is 2.19. The first-order chi connectivity index (χ1) is 12.0. The SMILES string of the molecule is O=C(NCc1ccc(Cl)cc1)N1CCN(c2ccc(F)c(F)c2)CC1. The molecule has 0 spiro atoms. The number of nitrogens with one attached hydrogen (secondary N) is 1. The van der Waals surface area contributed by atoms with Crippen molar-refractivity contribution in [2.24, 2.45) is 0 Å². The molecule has 2 aromatic carbocycles. The lowest BCUT2D eigenvalue weighted by molar-refractivity contribution is 0.194. The Labute approximate surface area is 150 Å². The van der Waals surface area contributed by atoms with Crippen LogP contribution in [0, 0.1) is 11.6 Å². The lowest BCUT2D eigenvalue weighted by Crippen LogP contribution is -2.51. The van der Waals surface area contributed by atoms with E-state index in [1.54, 1.807) is 23.1 Å². The van der Waals surface area contributed by atoms with Crippen molar-refractivity contribution in [2.75, 3.05) is 31.1 Å². The van der Waals surface area contributed by atoms with E-state index in [2.05, 4.69) is 5.32 Å². The van der Waals surface area contributed by atoms with Crippen LogP contribution in [-0.4, -0.2) is 37.1 Å². The topological polar surface area (TPSA) is 35.6 Å². The van der Waals surface area contributed by atoms with Gasteiger partial charge in [-0.05, 0) is 29.8 Å². The normalized spacial score (nSPS) is 14.5. The summed E-state index contributed by atoms with van der Waals surface area (Å²) in [4.78, 5) is 15.9. The molecule has 0 aliphatic carbocycles. The van der Waals surface area contributed by atoms with Crippen molar-refractivity contribution >= 4 is 23.3 Å². The number of amides is 2. The molecule has 0 radical (unpaired) electrons. The summed E-state index contributed by atoms with van der Waals surface area (Å²) in [5.74, 6) is -1.72. The fourth-order valence-corrected chi connectivity index (χ4v) is 2.87. The van der Waals surface area contributed by atoms with Gasteiger partial charge < -0.3 is 15.1 Å². The van der Waals surface area contributed by atoms with Crippen molar-refractivity contribution in [1.29, 1.82) is 0 Å². The minimum Gasteiger partial charge on any atom is -0.368 e. The third-order valence-electron chi connectivity index (χ3n) is 4.19. The summed E-state index contributed by atoms with van der Waals surface area (Å²) in [6, 6.07) is 11.0. The van der Waals surface area contributed by atoms with Gasteiger partial charge in [0.05, 0.1) is 0 Å². The molecule has 1 N–H and O–H groups in total. The quantitative estimate of drug-likeness (QED) is 0.901. The molecule has 132 valence electrons. The minimum atomic E-state index is -0.861. The maximum absolute atomic E-state index is 13.3. The van der Waals surface area contributed by atoms with Crippen LogP contribution in [0.25, 0.3) is 0 Å². The molecular weight excluding hydrogens is 348 g/mol. The molecule has 0 saturated carbocycles. The number of hydrogen-bond acceptors (Lipinski definition) is 2. The molecule has 0 aromatic heterocycles. The van der Waals surface area contributed by atoms with Gasteiger partial charge >= 0.3 is 6.03 Å². The molecule has 2 amide bonds. The van der Waals surface area contributed by atoms with Crippen molar-refractivity contribution in [3.8, 4) is 0 Å². The Kier molecular flexibility index (Phi) is 5.38. The predicted molar refractivity (Wildman–Crippen MR) is 93.8 cm³/mol. The minimum absolute atomic E-state index is 0.139. The summed E-state index contributed by atoms with van der Waals surface area (Å²) in [6.45, 7) is 2.61. The van der Waals surface area contributed by atoms with Crippen LogP contribution in [0.4, 0.5) is 19.3 Å². The summed E-state index contributed by atoms with van der Waals surface area (Å²) < 4.78 is 26.4. The first kappa shape index (κ1) is 17.5. The summed E-state index contributed by atoms with van der Waals surface area (Å²) in [7, 11) is 0. The van der Waals surface area contributed by atoms with Gasteiger partial charge in [-0.1, -0.05) is 23.7 Å². The molecule has 0 atom stereocenters. The van der Waals surface area contributed by atoms with Gasteiger partial charge in [-0.15, -0.1) is 0 Å². The van der Waals surface area contributed by atoms with E-state index < -0.39 is 11.6 Å². The molecular formula is C18H18ClF2N3O. The largest absolute Gasteiger partial charge is 0.368 e. The van der Waals surface area contributed by atoms with E-state index in [1.807, 2.05) is 17.0 Å². The number of carbonyl (C=O) groups is 1. The molecule has 1 fully saturated rings. The molecule has 1 aliphatic heterocycles. The van der Waals surface area contributed by atoms with Crippen LogP contribution >= 0.6 is 11.6 Å². The van der Waals surface area contributed by atoms with Crippen LogP contribution < -0.4 is 10.2 Å². The molecule has 25 heavy (non-hydrogen) atoms. The molecule has 1 heterocycles. The Bertz CT molecular complexity index is 746. The Morgan fingerprint density at radius 1 is 1.00 bits per heavy atom. The summed E-state index contributed by atoms with van der Waals surface area (Å²) in [5, 5.41) is 3.53. The average Bonchev–Trinajstić information content (AvgIpc) is 2.63. The number of nitrogens with zero attached hydrogens (tertiary/aromatic N) is 2. The first-order valence-electron chi connectivity index (χ1n) is 8.00. The number of anilines is 1. The highest BCUT2D eigenvalue weighted by atomic mass is 35.5. The summed E-state index contributed by atoms with van der Waals surface area (Å²) in [6.07, 6.45) is 0. The molecule has 0 unspecified atom stereocenters. The standard InChI is InChI=1S/C18H18ClF2N3O/c19-14-3-1-13(2-4-14)12-22-18(25)24-9-7-23(8-10-24)15-5-6-16(20)17(21)11-15/h1-6,11H,7-10,12H2,(H,22,25). The molecule has 1 saturated heterocycles. The molecule has 4 nitrogen and oxygen atoms in total. The van der Waals surface area contributed by atoms with Crippen LogP contribution in [0.2, 0.25) is 5.02 Å². The summed E-state index contributed by atoms with van der Waals surface area (Å²) in [5.41, 5.74) is 1.60. The van der Waals surface area contributed by atoms with Gasteiger partial charge in [-0.2, -0.15) is 0 Å². The van der Waals surface area contributed by atoms with E-state index >= 15 is 0 Å². The van der Waals surface area contributed by atoms with E-state index in [9.17, 15) is 13.6 Å². The molecule has 3 rings (SSSR count). The number of benzene rings is 2. The maximum Gasteiger partial charge on any atom is 0.317 e. The van der Waals surface area contributed by atoms with Crippen molar-refractivity contribution in [3.63, 3.8) is 0 Å². The Morgan fingerprint density at radius 2 is 1.68 bits per heavy atom. The van der Waals surface area contributed by atoms with Crippen LogP contribution in [-0.2, 0) is 6.54 Å². The molecule has 2 aromatic rings. The van der Waals surface area contributed by atoms with Gasteiger partial charge in [-0.3, -0.25) is 0 Å². The Hall–Kier alpha value is -2.34. The summed E-state index contributed by atoms with van der Waals surface area (Å²) >= 11 is 5.83. The maximum atomic E-state index is 13.3. The zero-order valence-electron chi connectivity index (χ0n) is 13.5. The average molecular weight is 366 g/mol. The van der Waals surface area contributed by atoms with E-state index in [0.29, 0.717) is 43.4 Å². The van der Waals surface area contributed by atoms with Crippen molar-refractivity contribution < 1.29 is 13.6 Å². The molecule has 0 bridgehead atoms. The number of halogens is 3. The predicted octanol–water partition coefficient (Wildman–Crippen LogP) is 3.65. The van der Waals surface area contributed by atoms with E-state index in [-0.39, 0.29) is 6.03 Å². The second-order valence-electron chi connectivity index (χ2n) is 5.86. The third kappa shape index (κ3) is 4.39.